The summed E-state index contributed by atoms with van der Waals surface area (Å²) in [6, 6.07) is 2.83. The fourth-order valence-electron chi connectivity index (χ4n) is 3.96. The van der Waals surface area contributed by atoms with Crippen LogP contribution in [-0.4, -0.2) is 61.3 Å². The number of nitro benzene ring substituents is 1. The highest BCUT2D eigenvalue weighted by Crippen LogP contribution is 2.37. The van der Waals surface area contributed by atoms with Crippen molar-refractivity contribution in [2.24, 2.45) is 0 Å². The van der Waals surface area contributed by atoms with Crippen molar-refractivity contribution in [1.82, 2.24) is 4.90 Å². The Balaban J connectivity index is 1.86. The van der Waals surface area contributed by atoms with Gasteiger partial charge in [-0.2, -0.15) is 0 Å². The first-order chi connectivity index (χ1) is 13.4. The Morgan fingerprint density at radius 3 is 2.54 bits per heavy atom. The highest BCUT2D eigenvalue weighted by Gasteiger charge is 2.30. The third-order valence-corrected chi connectivity index (χ3v) is 5.50. The van der Waals surface area contributed by atoms with E-state index >= 15 is 0 Å². The van der Waals surface area contributed by atoms with Gasteiger partial charge in [-0.25, -0.2) is 9.18 Å². The molecule has 2 fully saturated rings. The summed E-state index contributed by atoms with van der Waals surface area (Å²) in [6.45, 7) is 6.52. The number of ether oxygens (including phenoxy) is 1. The van der Waals surface area contributed by atoms with Crippen LogP contribution in [0.5, 0.6) is 0 Å². The first kappa shape index (κ1) is 20.2. The molecule has 1 aromatic carbocycles. The van der Waals surface area contributed by atoms with Crippen molar-refractivity contribution in [3.05, 3.63) is 28.1 Å². The molecule has 1 aromatic rings. The normalized spacial score (nSPS) is 20.2. The average molecular weight is 394 g/mol. The van der Waals surface area contributed by atoms with Gasteiger partial charge in [-0.15, -0.1) is 0 Å². The SMILES string of the molecule is CCOC(=O)N1CCN(c2cc(N3CCCC[C@@H]3C)c(F)cc2[N+](=O)[O-])CC1. The van der Waals surface area contributed by atoms with Crippen LogP contribution in [0.3, 0.4) is 0 Å². The molecule has 0 aromatic heterocycles. The molecular weight excluding hydrogens is 367 g/mol. The average Bonchev–Trinajstić information content (AvgIpc) is 2.69. The van der Waals surface area contributed by atoms with E-state index in [4.69, 9.17) is 4.74 Å². The molecule has 8 nitrogen and oxygen atoms in total. The molecule has 0 radical (unpaired) electrons. The summed E-state index contributed by atoms with van der Waals surface area (Å²) in [5.74, 6) is -0.561. The van der Waals surface area contributed by atoms with E-state index in [-0.39, 0.29) is 17.8 Å². The van der Waals surface area contributed by atoms with Gasteiger partial charge in [-0.3, -0.25) is 10.1 Å². The van der Waals surface area contributed by atoms with E-state index in [9.17, 15) is 19.3 Å². The number of hydrogen-bond donors (Lipinski definition) is 0. The van der Waals surface area contributed by atoms with Gasteiger partial charge in [-0.1, -0.05) is 0 Å². The van der Waals surface area contributed by atoms with Gasteiger partial charge >= 0.3 is 6.09 Å². The van der Waals surface area contributed by atoms with Gasteiger partial charge < -0.3 is 19.4 Å². The topological polar surface area (TPSA) is 79.2 Å². The van der Waals surface area contributed by atoms with Gasteiger partial charge in [0.25, 0.3) is 5.69 Å². The first-order valence-electron chi connectivity index (χ1n) is 9.83. The number of carbonyl (C=O) groups is 1. The quantitative estimate of drug-likeness (QED) is 0.575. The number of rotatable bonds is 4. The van der Waals surface area contributed by atoms with Crippen molar-refractivity contribution in [1.29, 1.82) is 0 Å². The lowest BCUT2D eigenvalue weighted by atomic mass is 10.0. The molecule has 28 heavy (non-hydrogen) atoms. The Hall–Kier alpha value is -2.58. The van der Waals surface area contributed by atoms with Crippen LogP contribution in [0.15, 0.2) is 12.1 Å². The van der Waals surface area contributed by atoms with Gasteiger partial charge in [-0.05, 0) is 39.2 Å². The molecule has 0 spiro atoms. The Morgan fingerprint density at radius 1 is 1.21 bits per heavy atom. The summed E-state index contributed by atoms with van der Waals surface area (Å²) in [5.41, 5.74) is 0.582. The smallest absolute Gasteiger partial charge is 0.409 e. The zero-order chi connectivity index (χ0) is 20.3. The molecular formula is C19H27FN4O4. The van der Waals surface area contributed by atoms with Gasteiger partial charge in [0.15, 0.2) is 5.82 Å². The molecule has 3 rings (SSSR count). The Kier molecular flexibility index (Phi) is 6.21. The lowest BCUT2D eigenvalue weighted by molar-refractivity contribution is -0.384. The number of halogens is 1. The van der Waals surface area contributed by atoms with Crippen molar-refractivity contribution < 1.29 is 18.8 Å². The van der Waals surface area contributed by atoms with E-state index in [1.807, 2.05) is 9.80 Å². The Bertz CT molecular complexity index is 737. The van der Waals surface area contributed by atoms with Gasteiger partial charge in [0, 0.05) is 38.8 Å². The monoisotopic (exact) mass is 394 g/mol. The number of amides is 1. The van der Waals surface area contributed by atoms with Crippen LogP contribution in [0.1, 0.15) is 33.1 Å². The fraction of sp³-hybridized carbons (Fsp3) is 0.632. The van der Waals surface area contributed by atoms with E-state index < -0.39 is 10.7 Å². The van der Waals surface area contributed by atoms with Crippen LogP contribution < -0.4 is 9.80 Å². The summed E-state index contributed by atoms with van der Waals surface area (Å²) in [4.78, 5) is 28.3. The van der Waals surface area contributed by atoms with E-state index in [0.29, 0.717) is 44.2 Å². The molecule has 154 valence electrons. The first-order valence-corrected chi connectivity index (χ1v) is 9.83. The highest BCUT2D eigenvalue weighted by molar-refractivity contribution is 5.72. The predicted octanol–water partition coefficient (Wildman–Crippen LogP) is 3.39. The van der Waals surface area contributed by atoms with E-state index in [1.54, 1.807) is 17.9 Å². The second-order valence-corrected chi connectivity index (χ2v) is 7.26. The maximum absolute atomic E-state index is 14.7. The largest absolute Gasteiger partial charge is 0.450 e. The molecule has 0 N–H and O–H groups in total. The van der Waals surface area contributed by atoms with Crippen molar-refractivity contribution >= 4 is 23.2 Å². The van der Waals surface area contributed by atoms with Crippen LogP contribution in [0.4, 0.5) is 26.2 Å². The molecule has 0 bridgehead atoms. The minimum Gasteiger partial charge on any atom is -0.450 e. The number of anilines is 2. The molecule has 1 amide bonds. The standard InChI is InChI=1S/C19H27FN4O4/c1-3-28-19(25)22-10-8-21(9-11-22)17-13-16(15(20)12-18(17)24(26)27)23-7-5-4-6-14(23)2/h12-14H,3-11H2,1-2H3/t14-/m0/s1. The predicted molar refractivity (Wildman–Crippen MR) is 105 cm³/mol. The third kappa shape index (κ3) is 4.13. The summed E-state index contributed by atoms with van der Waals surface area (Å²) in [7, 11) is 0. The molecule has 2 aliphatic heterocycles. The van der Waals surface area contributed by atoms with E-state index in [1.165, 1.54) is 0 Å². The van der Waals surface area contributed by atoms with Gasteiger partial charge in [0.2, 0.25) is 0 Å². The number of carbonyl (C=O) groups excluding carboxylic acids is 1. The van der Waals surface area contributed by atoms with Crippen LogP contribution >= 0.6 is 0 Å². The molecule has 2 aliphatic rings. The molecule has 0 saturated carbocycles. The van der Waals surface area contributed by atoms with Crippen molar-refractivity contribution in [2.75, 3.05) is 49.1 Å². The lowest BCUT2D eigenvalue weighted by Crippen LogP contribution is -2.49. The van der Waals surface area contributed by atoms with Crippen molar-refractivity contribution in [2.45, 2.75) is 39.2 Å². The zero-order valence-electron chi connectivity index (χ0n) is 16.4. The van der Waals surface area contributed by atoms with Crippen LogP contribution in [0, 0.1) is 15.9 Å². The van der Waals surface area contributed by atoms with Crippen molar-refractivity contribution in [3.8, 4) is 0 Å². The second-order valence-electron chi connectivity index (χ2n) is 7.26. The Labute approximate surface area is 164 Å². The third-order valence-electron chi connectivity index (χ3n) is 5.50. The van der Waals surface area contributed by atoms with Crippen molar-refractivity contribution in [3.63, 3.8) is 0 Å². The molecule has 0 aliphatic carbocycles. The fourth-order valence-corrected chi connectivity index (χ4v) is 3.96. The zero-order valence-corrected chi connectivity index (χ0v) is 16.4. The molecule has 9 heteroatoms. The Morgan fingerprint density at radius 2 is 1.93 bits per heavy atom. The summed E-state index contributed by atoms with van der Waals surface area (Å²) < 4.78 is 19.7. The number of hydrogen-bond acceptors (Lipinski definition) is 6. The van der Waals surface area contributed by atoms with E-state index in [2.05, 4.69) is 6.92 Å². The number of nitrogens with zero attached hydrogens (tertiary/aromatic N) is 4. The van der Waals surface area contributed by atoms with Gasteiger partial charge in [0.1, 0.15) is 5.69 Å². The highest BCUT2D eigenvalue weighted by atomic mass is 19.1. The molecule has 0 unspecified atom stereocenters. The lowest BCUT2D eigenvalue weighted by Gasteiger charge is -2.38. The van der Waals surface area contributed by atoms with Crippen LogP contribution in [-0.2, 0) is 4.74 Å². The van der Waals surface area contributed by atoms with E-state index in [0.717, 1.165) is 31.9 Å². The maximum Gasteiger partial charge on any atom is 0.409 e. The maximum atomic E-state index is 14.7. The van der Waals surface area contributed by atoms with Gasteiger partial charge in [0.05, 0.1) is 23.3 Å². The molecule has 2 heterocycles. The number of piperazine rings is 1. The summed E-state index contributed by atoms with van der Waals surface area (Å²) in [6.07, 6.45) is 2.69. The number of piperidine rings is 1. The second kappa shape index (κ2) is 8.62. The summed E-state index contributed by atoms with van der Waals surface area (Å²) >= 11 is 0. The molecule has 2 saturated heterocycles. The summed E-state index contributed by atoms with van der Waals surface area (Å²) in [5, 5.41) is 11.5. The molecule has 1 atom stereocenters. The van der Waals surface area contributed by atoms with Crippen LogP contribution in [0.2, 0.25) is 0 Å². The number of nitro groups is 1. The minimum absolute atomic E-state index is 0.193. The van der Waals surface area contributed by atoms with Crippen LogP contribution in [0.25, 0.3) is 0 Å². The number of benzene rings is 1. The minimum atomic E-state index is -0.561.